The van der Waals surface area contributed by atoms with Crippen LogP contribution >= 0.6 is 0 Å². The highest BCUT2D eigenvalue weighted by Gasteiger charge is 2.50. The fourth-order valence-electron chi connectivity index (χ4n) is 6.78. The topological polar surface area (TPSA) is 69.8 Å². The van der Waals surface area contributed by atoms with Crippen molar-refractivity contribution >= 4 is 36.5 Å². The van der Waals surface area contributed by atoms with Gasteiger partial charge < -0.3 is 15.6 Å². The lowest BCUT2D eigenvalue weighted by Gasteiger charge is -2.49. The van der Waals surface area contributed by atoms with Gasteiger partial charge in [0.1, 0.15) is 5.65 Å². The Morgan fingerprint density at radius 1 is 0.850 bits per heavy atom. The maximum atomic E-state index is 13.0. The number of nitrogens with one attached hydrogen (secondary N) is 3. The molecular weight excluding hydrogens is 529 g/mol. The lowest BCUT2D eigenvalue weighted by Crippen LogP contribution is -2.51. The summed E-state index contributed by atoms with van der Waals surface area (Å²) in [5.41, 5.74) is 4.76. The molecule has 0 radical (unpaired) electrons. The number of hydrogen-bond acceptors (Lipinski definition) is 2. The Labute approximate surface area is 234 Å². The second kappa shape index (κ2) is 11.5. The number of aromatic amines is 1. The van der Waals surface area contributed by atoms with E-state index in [1.54, 1.807) is 6.20 Å². The molecule has 212 valence electrons. The number of carbonyl (C=O) groups excluding carboxylic acids is 1. The number of benzene rings is 2. The smallest absolute Gasteiger partial charge is 0.346 e. The first-order valence-corrected chi connectivity index (χ1v) is 15.9. The van der Waals surface area contributed by atoms with Gasteiger partial charge in [-0.15, -0.1) is 0 Å². The van der Waals surface area contributed by atoms with Gasteiger partial charge in [-0.25, -0.2) is 9.78 Å². The number of halogens is 3. The van der Waals surface area contributed by atoms with E-state index in [1.165, 1.54) is 23.3 Å². The minimum Gasteiger partial charge on any atom is -0.346 e. The summed E-state index contributed by atoms with van der Waals surface area (Å²) in [5.74, 6) is 0. The lowest BCUT2D eigenvalue weighted by atomic mass is 10.0. The molecule has 2 aromatic carbocycles. The van der Waals surface area contributed by atoms with E-state index >= 15 is 0 Å². The highest BCUT2D eigenvalue weighted by molar-refractivity contribution is 6.85. The molecule has 1 atom stereocenters. The Balaban J connectivity index is 1.68. The molecule has 3 N–H and O–H groups in total. The zero-order chi connectivity index (χ0) is 29.2. The van der Waals surface area contributed by atoms with Gasteiger partial charge in [0.25, 0.3) is 0 Å². The number of anilines is 2. The number of nitrogens with zero attached hydrogens (tertiary/aromatic N) is 1. The van der Waals surface area contributed by atoms with Crippen LogP contribution in [0.3, 0.4) is 0 Å². The Morgan fingerprint density at radius 2 is 1.48 bits per heavy atom. The lowest BCUT2D eigenvalue weighted by molar-refractivity contribution is -0.137. The van der Waals surface area contributed by atoms with Crippen LogP contribution in [0.25, 0.3) is 11.0 Å². The largest absolute Gasteiger partial charge is 0.416 e. The third-order valence-corrected chi connectivity index (χ3v) is 15.9. The third kappa shape index (κ3) is 5.65. The maximum Gasteiger partial charge on any atom is 0.416 e. The van der Waals surface area contributed by atoms with Crippen molar-refractivity contribution in [1.29, 1.82) is 0 Å². The van der Waals surface area contributed by atoms with Crippen LogP contribution in [0.1, 0.15) is 63.8 Å². The molecule has 4 rings (SSSR count). The number of amides is 2. The van der Waals surface area contributed by atoms with Gasteiger partial charge in [0.15, 0.2) is 0 Å². The number of fused-ring (bicyclic) bond motifs is 1. The highest BCUT2D eigenvalue weighted by atomic mass is 28.3. The summed E-state index contributed by atoms with van der Waals surface area (Å²) in [7, 11) is -2.08. The summed E-state index contributed by atoms with van der Waals surface area (Å²) in [6, 6.07) is 15.9. The highest BCUT2D eigenvalue weighted by Crippen LogP contribution is 2.53. The number of urea groups is 1. The summed E-state index contributed by atoms with van der Waals surface area (Å²) >= 11 is 0. The average Bonchev–Trinajstić information content (AvgIpc) is 3.30. The first kappa shape index (κ1) is 29.4. The van der Waals surface area contributed by atoms with Crippen molar-refractivity contribution in [3.8, 4) is 0 Å². The Kier molecular flexibility index (Phi) is 8.44. The van der Waals surface area contributed by atoms with Crippen molar-refractivity contribution in [3.05, 3.63) is 89.7 Å². The monoisotopic (exact) mass is 566 g/mol. The number of pyridine rings is 1. The summed E-state index contributed by atoms with van der Waals surface area (Å²) < 4.78 is 39.1. The van der Waals surface area contributed by atoms with E-state index in [-0.39, 0.29) is 11.2 Å². The zero-order valence-electron chi connectivity index (χ0n) is 23.7. The molecular formula is C31H37F3N4OSi. The molecule has 0 aliphatic rings. The summed E-state index contributed by atoms with van der Waals surface area (Å²) in [4.78, 5) is 20.5. The van der Waals surface area contributed by atoms with Crippen LogP contribution in [0.15, 0.2) is 73.1 Å². The quantitative estimate of drug-likeness (QED) is 0.186. The molecule has 9 heteroatoms. The van der Waals surface area contributed by atoms with E-state index in [2.05, 4.69) is 86.5 Å². The molecule has 4 aromatic rings. The van der Waals surface area contributed by atoms with Crippen LogP contribution in [0.4, 0.5) is 29.3 Å². The van der Waals surface area contributed by atoms with Gasteiger partial charge in [0.05, 0.1) is 13.6 Å². The molecule has 0 saturated carbocycles. The van der Waals surface area contributed by atoms with Gasteiger partial charge in [-0.1, -0.05) is 59.7 Å². The van der Waals surface area contributed by atoms with Gasteiger partial charge in [-0.05, 0) is 70.2 Å². The van der Waals surface area contributed by atoms with Crippen molar-refractivity contribution in [3.63, 3.8) is 0 Å². The molecule has 40 heavy (non-hydrogen) atoms. The Bertz CT molecular complexity index is 1440. The third-order valence-electron chi connectivity index (χ3n) is 8.24. The molecule has 0 bridgehead atoms. The molecule has 0 spiro atoms. The second-order valence-electron chi connectivity index (χ2n) is 11.3. The molecule has 2 amide bonds. The van der Waals surface area contributed by atoms with Gasteiger partial charge in [0.2, 0.25) is 0 Å². The number of aromatic nitrogens is 2. The minimum absolute atomic E-state index is 0.0681. The Morgan fingerprint density at radius 3 is 2.08 bits per heavy atom. The van der Waals surface area contributed by atoms with E-state index in [0.717, 1.165) is 23.2 Å². The second-order valence-corrected chi connectivity index (χ2v) is 17.4. The van der Waals surface area contributed by atoms with Gasteiger partial charge in [0, 0.05) is 34.7 Å². The predicted molar refractivity (Wildman–Crippen MR) is 160 cm³/mol. The van der Waals surface area contributed by atoms with Crippen LogP contribution in [-0.2, 0) is 6.18 Å². The molecule has 1 unspecified atom stereocenters. The fraction of sp³-hybridized carbons (Fsp3) is 0.355. The first-order valence-electron chi connectivity index (χ1n) is 13.6. The first-order chi connectivity index (χ1) is 18.9. The van der Waals surface area contributed by atoms with Crippen molar-refractivity contribution in [2.24, 2.45) is 0 Å². The van der Waals surface area contributed by atoms with Crippen molar-refractivity contribution < 1.29 is 18.0 Å². The SMILES string of the molecule is CC(C)[Si](C(C)C)(C(C)C)C(c1ccc(NC(=O)Nc2cccc(C(F)(F)F)c2)cc1)c1c[nH]c2ncccc12. The Hall–Kier alpha value is -3.59. The van der Waals surface area contributed by atoms with E-state index in [9.17, 15) is 18.0 Å². The molecule has 0 aliphatic carbocycles. The summed E-state index contributed by atoms with van der Waals surface area (Å²) in [6.45, 7) is 14.1. The summed E-state index contributed by atoms with van der Waals surface area (Å²) in [6.07, 6.45) is -0.589. The normalized spacial score (nSPS) is 13.3. The fourth-order valence-corrected chi connectivity index (χ4v) is 14.3. The van der Waals surface area contributed by atoms with E-state index in [4.69, 9.17) is 0 Å². The standard InChI is InChI=1S/C31H37F3N4OSi/c1-19(2)40(20(3)4,21(5)6)28(27-18-36-29-26(27)11-8-16-35-29)22-12-14-24(15-13-22)37-30(39)38-25-10-7-9-23(17-25)31(32,33)34/h7-21,28H,1-6H3,(H,35,36)(H2,37,38,39). The van der Waals surface area contributed by atoms with E-state index in [0.29, 0.717) is 22.3 Å². The van der Waals surface area contributed by atoms with Crippen LogP contribution in [0, 0.1) is 0 Å². The molecule has 5 nitrogen and oxygen atoms in total. The van der Waals surface area contributed by atoms with E-state index in [1.807, 2.05) is 18.2 Å². The van der Waals surface area contributed by atoms with Gasteiger partial charge in [-0.2, -0.15) is 13.2 Å². The molecule has 0 saturated heterocycles. The summed E-state index contributed by atoms with van der Waals surface area (Å²) in [5, 5.41) is 6.37. The van der Waals surface area contributed by atoms with Crippen LogP contribution in [0.5, 0.6) is 0 Å². The number of rotatable bonds is 8. The molecule has 0 fully saturated rings. The maximum absolute atomic E-state index is 13.0. The van der Waals surface area contributed by atoms with Gasteiger partial charge >= 0.3 is 12.2 Å². The van der Waals surface area contributed by atoms with Crippen LogP contribution in [-0.4, -0.2) is 24.1 Å². The van der Waals surface area contributed by atoms with Gasteiger partial charge in [-0.3, -0.25) is 0 Å². The molecule has 0 aliphatic heterocycles. The average molecular weight is 567 g/mol. The van der Waals surface area contributed by atoms with Crippen molar-refractivity contribution in [2.75, 3.05) is 10.6 Å². The molecule has 2 aromatic heterocycles. The predicted octanol–water partition coefficient (Wildman–Crippen LogP) is 9.58. The number of hydrogen-bond donors (Lipinski definition) is 3. The number of H-pyrrole nitrogens is 1. The van der Waals surface area contributed by atoms with E-state index < -0.39 is 25.8 Å². The zero-order valence-corrected chi connectivity index (χ0v) is 24.7. The number of carbonyl (C=O) groups is 1. The number of alkyl halides is 3. The van der Waals surface area contributed by atoms with Crippen LogP contribution in [0.2, 0.25) is 16.6 Å². The van der Waals surface area contributed by atoms with Crippen molar-refractivity contribution in [2.45, 2.75) is 69.9 Å². The minimum atomic E-state index is -4.48. The van der Waals surface area contributed by atoms with Crippen molar-refractivity contribution in [1.82, 2.24) is 9.97 Å². The van der Waals surface area contributed by atoms with Crippen LogP contribution < -0.4 is 10.6 Å². The molecule has 2 heterocycles.